The van der Waals surface area contributed by atoms with E-state index < -0.39 is 4.92 Å². The SMILES string of the molecule is CCNC(=O)c1ccc([N+](=O)[O-])c(NCC(C)CNC)c1. The molecule has 1 amide bonds. The van der Waals surface area contributed by atoms with Crippen LogP contribution in [0, 0.1) is 16.0 Å². The third-order valence-corrected chi connectivity index (χ3v) is 2.99. The van der Waals surface area contributed by atoms with Crippen LogP contribution < -0.4 is 16.0 Å². The van der Waals surface area contributed by atoms with Crippen molar-refractivity contribution in [2.45, 2.75) is 13.8 Å². The van der Waals surface area contributed by atoms with Crippen molar-refractivity contribution in [1.82, 2.24) is 10.6 Å². The minimum atomic E-state index is -0.452. The molecular weight excluding hydrogens is 272 g/mol. The summed E-state index contributed by atoms with van der Waals surface area (Å²) in [6, 6.07) is 4.34. The average molecular weight is 294 g/mol. The molecule has 0 saturated carbocycles. The first-order valence-electron chi connectivity index (χ1n) is 6.94. The summed E-state index contributed by atoms with van der Waals surface area (Å²) in [6.07, 6.45) is 0. The molecule has 0 bridgehead atoms. The summed E-state index contributed by atoms with van der Waals surface area (Å²) < 4.78 is 0. The number of rotatable bonds is 8. The molecule has 1 rings (SSSR count). The van der Waals surface area contributed by atoms with Crippen LogP contribution in [0.5, 0.6) is 0 Å². The maximum absolute atomic E-state index is 11.8. The molecule has 0 heterocycles. The number of carbonyl (C=O) groups excluding carboxylic acids is 1. The third kappa shape index (κ3) is 5.03. The molecule has 0 saturated heterocycles. The largest absolute Gasteiger partial charge is 0.379 e. The molecule has 0 aliphatic carbocycles. The van der Waals surface area contributed by atoms with E-state index in [1.54, 1.807) is 0 Å². The molecular formula is C14H22N4O3. The van der Waals surface area contributed by atoms with Crippen LogP contribution >= 0.6 is 0 Å². The van der Waals surface area contributed by atoms with Crippen molar-refractivity contribution in [2.24, 2.45) is 5.92 Å². The van der Waals surface area contributed by atoms with Gasteiger partial charge in [-0.1, -0.05) is 6.92 Å². The standard InChI is InChI=1S/C14H22N4O3/c1-4-16-14(19)11-5-6-13(18(20)21)12(7-11)17-9-10(2)8-15-3/h5-7,10,15,17H,4,8-9H2,1-3H3,(H,16,19). The smallest absolute Gasteiger partial charge is 0.292 e. The number of amides is 1. The van der Waals surface area contributed by atoms with E-state index >= 15 is 0 Å². The van der Waals surface area contributed by atoms with Crippen molar-refractivity contribution in [3.8, 4) is 0 Å². The van der Waals surface area contributed by atoms with Crippen molar-refractivity contribution in [2.75, 3.05) is 32.0 Å². The van der Waals surface area contributed by atoms with Gasteiger partial charge in [0, 0.05) is 24.7 Å². The van der Waals surface area contributed by atoms with Gasteiger partial charge in [-0.25, -0.2) is 0 Å². The van der Waals surface area contributed by atoms with Gasteiger partial charge < -0.3 is 16.0 Å². The average Bonchev–Trinajstić information content (AvgIpc) is 2.45. The van der Waals surface area contributed by atoms with Crippen molar-refractivity contribution in [3.63, 3.8) is 0 Å². The predicted molar refractivity (Wildman–Crippen MR) is 82.7 cm³/mol. The summed E-state index contributed by atoms with van der Waals surface area (Å²) in [7, 11) is 1.86. The van der Waals surface area contributed by atoms with E-state index in [4.69, 9.17) is 0 Å². The van der Waals surface area contributed by atoms with Crippen LogP contribution in [0.3, 0.4) is 0 Å². The highest BCUT2D eigenvalue weighted by atomic mass is 16.6. The molecule has 7 nitrogen and oxygen atoms in total. The Morgan fingerprint density at radius 1 is 1.38 bits per heavy atom. The lowest BCUT2D eigenvalue weighted by Gasteiger charge is -2.14. The molecule has 1 atom stereocenters. The zero-order chi connectivity index (χ0) is 15.8. The summed E-state index contributed by atoms with van der Waals surface area (Å²) in [5.74, 6) is 0.0708. The van der Waals surface area contributed by atoms with E-state index in [1.807, 2.05) is 20.9 Å². The van der Waals surface area contributed by atoms with Crippen molar-refractivity contribution >= 4 is 17.3 Å². The molecule has 21 heavy (non-hydrogen) atoms. The second-order valence-corrected chi connectivity index (χ2v) is 4.89. The van der Waals surface area contributed by atoms with Crippen molar-refractivity contribution in [3.05, 3.63) is 33.9 Å². The molecule has 0 fully saturated rings. The van der Waals surface area contributed by atoms with Gasteiger partial charge in [0.25, 0.3) is 11.6 Å². The maximum Gasteiger partial charge on any atom is 0.292 e. The molecule has 116 valence electrons. The monoisotopic (exact) mass is 294 g/mol. The van der Waals surface area contributed by atoms with Gasteiger partial charge in [-0.2, -0.15) is 0 Å². The number of benzene rings is 1. The predicted octanol–water partition coefficient (Wildman–Crippen LogP) is 1.61. The van der Waals surface area contributed by atoms with Crippen LogP contribution in [0.15, 0.2) is 18.2 Å². The number of nitrogens with zero attached hydrogens (tertiary/aromatic N) is 1. The summed E-state index contributed by atoms with van der Waals surface area (Å²) in [4.78, 5) is 22.4. The number of hydrogen-bond donors (Lipinski definition) is 3. The van der Waals surface area contributed by atoms with Gasteiger partial charge in [-0.05, 0) is 38.6 Å². The maximum atomic E-state index is 11.8. The van der Waals surface area contributed by atoms with E-state index in [0.29, 0.717) is 30.3 Å². The number of hydrogen-bond acceptors (Lipinski definition) is 5. The van der Waals surface area contributed by atoms with Crippen molar-refractivity contribution < 1.29 is 9.72 Å². The minimum absolute atomic E-state index is 0.0280. The Morgan fingerprint density at radius 2 is 2.10 bits per heavy atom. The van der Waals surface area contributed by atoms with Gasteiger partial charge in [-0.15, -0.1) is 0 Å². The molecule has 7 heteroatoms. The molecule has 0 aliphatic heterocycles. The lowest BCUT2D eigenvalue weighted by Crippen LogP contribution is -2.24. The van der Waals surface area contributed by atoms with Crippen LogP contribution in [-0.4, -0.2) is 37.5 Å². The lowest BCUT2D eigenvalue weighted by atomic mass is 10.1. The Kier molecular flexibility index (Phi) is 6.61. The van der Waals surface area contributed by atoms with Crippen LogP contribution in [0.25, 0.3) is 0 Å². The quantitative estimate of drug-likeness (QED) is 0.500. The van der Waals surface area contributed by atoms with E-state index in [0.717, 1.165) is 6.54 Å². The van der Waals surface area contributed by atoms with Gasteiger partial charge in [0.05, 0.1) is 4.92 Å². The normalized spacial score (nSPS) is 11.8. The second-order valence-electron chi connectivity index (χ2n) is 4.89. The van der Waals surface area contributed by atoms with Gasteiger partial charge in [0.15, 0.2) is 0 Å². The number of anilines is 1. The van der Waals surface area contributed by atoms with Crippen LogP contribution in [-0.2, 0) is 0 Å². The fourth-order valence-corrected chi connectivity index (χ4v) is 1.95. The number of nitro groups is 1. The third-order valence-electron chi connectivity index (χ3n) is 2.99. The fraction of sp³-hybridized carbons (Fsp3) is 0.500. The number of carbonyl (C=O) groups is 1. The molecule has 0 aromatic heterocycles. The van der Waals surface area contributed by atoms with E-state index in [-0.39, 0.29) is 11.6 Å². The summed E-state index contributed by atoms with van der Waals surface area (Å²) in [6.45, 7) is 5.75. The summed E-state index contributed by atoms with van der Waals surface area (Å²) >= 11 is 0. The fourth-order valence-electron chi connectivity index (χ4n) is 1.95. The summed E-state index contributed by atoms with van der Waals surface area (Å²) in [5.41, 5.74) is 0.748. The van der Waals surface area contributed by atoms with E-state index in [9.17, 15) is 14.9 Å². The Balaban J connectivity index is 2.93. The van der Waals surface area contributed by atoms with E-state index in [1.165, 1.54) is 18.2 Å². The molecule has 1 aromatic carbocycles. The molecule has 0 radical (unpaired) electrons. The molecule has 0 aliphatic rings. The summed E-state index contributed by atoms with van der Waals surface area (Å²) in [5, 5.41) is 19.8. The zero-order valence-electron chi connectivity index (χ0n) is 12.6. The van der Waals surface area contributed by atoms with Gasteiger partial charge in [-0.3, -0.25) is 14.9 Å². The van der Waals surface area contributed by atoms with Gasteiger partial charge >= 0.3 is 0 Å². The topological polar surface area (TPSA) is 96.3 Å². The van der Waals surface area contributed by atoms with Crippen LogP contribution in [0.4, 0.5) is 11.4 Å². The van der Waals surface area contributed by atoms with Crippen LogP contribution in [0.1, 0.15) is 24.2 Å². The molecule has 1 unspecified atom stereocenters. The van der Waals surface area contributed by atoms with Gasteiger partial charge in [0.2, 0.25) is 0 Å². The molecule has 3 N–H and O–H groups in total. The highest BCUT2D eigenvalue weighted by molar-refractivity contribution is 5.95. The Bertz CT molecular complexity index is 505. The second kappa shape index (κ2) is 8.21. The zero-order valence-corrected chi connectivity index (χ0v) is 12.6. The van der Waals surface area contributed by atoms with Gasteiger partial charge in [0.1, 0.15) is 5.69 Å². The van der Waals surface area contributed by atoms with E-state index in [2.05, 4.69) is 16.0 Å². The van der Waals surface area contributed by atoms with Crippen LogP contribution in [0.2, 0.25) is 0 Å². The highest BCUT2D eigenvalue weighted by Gasteiger charge is 2.17. The van der Waals surface area contributed by atoms with Crippen molar-refractivity contribution in [1.29, 1.82) is 0 Å². The first-order chi connectivity index (χ1) is 9.99. The molecule has 0 spiro atoms. The Hall–Kier alpha value is -2.15. The number of nitrogens with one attached hydrogen (secondary N) is 3. The lowest BCUT2D eigenvalue weighted by molar-refractivity contribution is -0.384. The number of nitro benzene ring substituents is 1. The first-order valence-corrected chi connectivity index (χ1v) is 6.94. The first kappa shape index (κ1) is 16.9. The Morgan fingerprint density at radius 3 is 2.67 bits per heavy atom. The minimum Gasteiger partial charge on any atom is -0.379 e. The Labute approximate surface area is 124 Å². The molecule has 1 aromatic rings. The highest BCUT2D eigenvalue weighted by Crippen LogP contribution is 2.25.